The quantitative estimate of drug-likeness (QED) is 0.661. The van der Waals surface area contributed by atoms with Crippen molar-refractivity contribution in [3.05, 3.63) is 39.9 Å². The summed E-state index contributed by atoms with van der Waals surface area (Å²) in [5.74, 6) is 0.763. The Balaban J connectivity index is 1.89. The Labute approximate surface area is 119 Å². The number of likely N-dealkylation sites (tertiary alicyclic amines) is 1. The van der Waals surface area contributed by atoms with E-state index in [2.05, 4.69) is 11.8 Å². The predicted molar refractivity (Wildman–Crippen MR) is 79.6 cm³/mol. The maximum absolute atomic E-state index is 10.6. The summed E-state index contributed by atoms with van der Waals surface area (Å²) in [6, 6.07) is 7.34. The van der Waals surface area contributed by atoms with Gasteiger partial charge in [-0.2, -0.15) is 0 Å². The molecule has 2 rings (SSSR count). The average Bonchev–Trinajstić information content (AvgIpc) is 2.46. The van der Waals surface area contributed by atoms with E-state index in [0.29, 0.717) is 12.6 Å². The largest absolute Gasteiger partial charge is 0.329 e. The molecule has 0 spiro atoms. The van der Waals surface area contributed by atoms with Crippen LogP contribution < -0.4 is 5.73 Å². The van der Waals surface area contributed by atoms with E-state index in [1.807, 2.05) is 12.1 Å². The first-order valence-corrected chi connectivity index (χ1v) is 7.27. The first-order valence-electron chi connectivity index (χ1n) is 7.27. The van der Waals surface area contributed by atoms with Crippen LogP contribution in [-0.2, 0) is 6.42 Å². The zero-order valence-electron chi connectivity index (χ0n) is 12.0. The Bertz CT molecular complexity index is 447. The van der Waals surface area contributed by atoms with Crippen molar-refractivity contribution in [2.24, 2.45) is 11.7 Å². The van der Waals surface area contributed by atoms with Gasteiger partial charge in [0.05, 0.1) is 4.92 Å². The summed E-state index contributed by atoms with van der Waals surface area (Å²) < 4.78 is 0. The molecule has 110 valence electrons. The lowest BCUT2D eigenvalue weighted by Gasteiger charge is -2.38. The average molecular weight is 277 g/mol. The van der Waals surface area contributed by atoms with Crippen molar-refractivity contribution in [2.75, 3.05) is 19.6 Å². The van der Waals surface area contributed by atoms with Crippen LogP contribution in [0.1, 0.15) is 25.3 Å². The minimum Gasteiger partial charge on any atom is -0.329 e. The van der Waals surface area contributed by atoms with Crippen LogP contribution in [0.4, 0.5) is 5.69 Å². The van der Waals surface area contributed by atoms with Crippen LogP contribution in [0.3, 0.4) is 0 Å². The second-order valence-corrected chi connectivity index (χ2v) is 5.73. The monoisotopic (exact) mass is 277 g/mol. The summed E-state index contributed by atoms with van der Waals surface area (Å²) in [6.07, 6.45) is 3.33. The molecule has 1 aliphatic heterocycles. The third-order valence-corrected chi connectivity index (χ3v) is 4.21. The molecule has 0 radical (unpaired) electrons. The van der Waals surface area contributed by atoms with Gasteiger partial charge in [-0.1, -0.05) is 19.1 Å². The van der Waals surface area contributed by atoms with Gasteiger partial charge < -0.3 is 5.73 Å². The van der Waals surface area contributed by atoms with Gasteiger partial charge in [-0.15, -0.1) is 0 Å². The molecular weight excluding hydrogens is 254 g/mol. The molecule has 5 nitrogen and oxygen atoms in total. The molecule has 1 aliphatic rings. The summed E-state index contributed by atoms with van der Waals surface area (Å²) in [5.41, 5.74) is 7.16. The normalized spacial score (nSPS) is 23.7. The number of hydrogen-bond acceptors (Lipinski definition) is 4. The first-order chi connectivity index (χ1) is 9.60. The lowest BCUT2D eigenvalue weighted by molar-refractivity contribution is -0.384. The van der Waals surface area contributed by atoms with Crippen molar-refractivity contribution < 1.29 is 4.92 Å². The zero-order chi connectivity index (χ0) is 14.5. The Morgan fingerprint density at radius 3 is 2.70 bits per heavy atom. The standard InChI is InChI=1S/C15H23N3O2/c1-12-6-8-17(15(10-12)11-16)9-7-13-2-4-14(5-3-13)18(19)20/h2-5,12,15H,6-11,16H2,1H3. The molecule has 0 bridgehead atoms. The highest BCUT2D eigenvalue weighted by Crippen LogP contribution is 2.22. The maximum atomic E-state index is 10.6. The fraction of sp³-hybridized carbons (Fsp3) is 0.600. The molecule has 1 saturated heterocycles. The molecule has 2 unspecified atom stereocenters. The molecule has 2 atom stereocenters. The molecule has 0 aliphatic carbocycles. The second-order valence-electron chi connectivity index (χ2n) is 5.73. The van der Waals surface area contributed by atoms with E-state index < -0.39 is 0 Å². The van der Waals surface area contributed by atoms with E-state index in [4.69, 9.17) is 5.73 Å². The molecule has 1 aromatic carbocycles. The molecule has 1 fully saturated rings. The van der Waals surface area contributed by atoms with Gasteiger partial charge in [-0.05, 0) is 37.3 Å². The molecule has 1 heterocycles. The van der Waals surface area contributed by atoms with Crippen LogP contribution in [0.25, 0.3) is 0 Å². The van der Waals surface area contributed by atoms with Crippen LogP contribution in [0, 0.1) is 16.0 Å². The van der Waals surface area contributed by atoms with Crippen LogP contribution in [0.2, 0.25) is 0 Å². The number of hydrogen-bond donors (Lipinski definition) is 1. The molecule has 0 aromatic heterocycles. The third kappa shape index (κ3) is 3.77. The molecular formula is C15H23N3O2. The maximum Gasteiger partial charge on any atom is 0.269 e. The molecule has 5 heteroatoms. The SMILES string of the molecule is CC1CCN(CCc2ccc([N+](=O)[O-])cc2)C(CN)C1. The molecule has 0 saturated carbocycles. The summed E-state index contributed by atoms with van der Waals surface area (Å²) >= 11 is 0. The topological polar surface area (TPSA) is 72.4 Å². The highest BCUT2D eigenvalue weighted by Gasteiger charge is 2.24. The predicted octanol–water partition coefficient (Wildman–Crippen LogP) is 2.20. The number of piperidine rings is 1. The van der Waals surface area contributed by atoms with Crippen molar-refractivity contribution in [1.29, 1.82) is 0 Å². The van der Waals surface area contributed by atoms with Crippen LogP contribution >= 0.6 is 0 Å². The third-order valence-electron chi connectivity index (χ3n) is 4.21. The number of nitrogens with two attached hydrogens (primary N) is 1. The van der Waals surface area contributed by atoms with Crippen molar-refractivity contribution in [2.45, 2.75) is 32.2 Å². The van der Waals surface area contributed by atoms with Crippen molar-refractivity contribution in [3.63, 3.8) is 0 Å². The van der Waals surface area contributed by atoms with Gasteiger partial charge in [0.1, 0.15) is 0 Å². The van der Waals surface area contributed by atoms with E-state index in [1.54, 1.807) is 12.1 Å². The number of benzene rings is 1. The fourth-order valence-electron chi connectivity index (χ4n) is 2.90. The molecule has 20 heavy (non-hydrogen) atoms. The molecule has 0 amide bonds. The summed E-state index contributed by atoms with van der Waals surface area (Å²) in [6.45, 7) is 5.09. The van der Waals surface area contributed by atoms with Gasteiger partial charge in [-0.25, -0.2) is 0 Å². The summed E-state index contributed by atoms with van der Waals surface area (Å²) in [5, 5.41) is 10.6. The van der Waals surface area contributed by atoms with Gasteiger partial charge in [-0.3, -0.25) is 15.0 Å². The number of nitrogens with zero attached hydrogens (tertiary/aromatic N) is 2. The summed E-state index contributed by atoms with van der Waals surface area (Å²) in [7, 11) is 0. The first kappa shape index (κ1) is 14.9. The van der Waals surface area contributed by atoms with E-state index >= 15 is 0 Å². The highest BCUT2D eigenvalue weighted by molar-refractivity contribution is 5.32. The second kappa shape index (κ2) is 6.81. The lowest BCUT2D eigenvalue weighted by atomic mass is 9.92. The van der Waals surface area contributed by atoms with E-state index in [1.165, 1.54) is 12.8 Å². The zero-order valence-corrected chi connectivity index (χ0v) is 12.0. The number of nitro benzene ring substituents is 1. The van der Waals surface area contributed by atoms with Gasteiger partial charge in [0.2, 0.25) is 0 Å². The number of rotatable bonds is 5. The van der Waals surface area contributed by atoms with Gasteiger partial charge >= 0.3 is 0 Å². The van der Waals surface area contributed by atoms with E-state index in [9.17, 15) is 10.1 Å². The fourth-order valence-corrected chi connectivity index (χ4v) is 2.90. The highest BCUT2D eigenvalue weighted by atomic mass is 16.6. The molecule has 2 N–H and O–H groups in total. The van der Waals surface area contributed by atoms with Crippen molar-refractivity contribution >= 4 is 5.69 Å². The van der Waals surface area contributed by atoms with Gasteiger partial charge in [0, 0.05) is 31.3 Å². The molecule has 1 aromatic rings. The van der Waals surface area contributed by atoms with Gasteiger partial charge in [0.15, 0.2) is 0 Å². The smallest absolute Gasteiger partial charge is 0.269 e. The Morgan fingerprint density at radius 2 is 2.10 bits per heavy atom. The van der Waals surface area contributed by atoms with Crippen LogP contribution in [0.5, 0.6) is 0 Å². The Hall–Kier alpha value is -1.46. The number of nitro groups is 1. The Morgan fingerprint density at radius 1 is 1.40 bits per heavy atom. The minimum absolute atomic E-state index is 0.153. The van der Waals surface area contributed by atoms with Crippen LogP contribution in [0.15, 0.2) is 24.3 Å². The van der Waals surface area contributed by atoms with Crippen molar-refractivity contribution in [1.82, 2.24) is 4.90 Å². The van der Waals surface area contributed by atoms with Gasteiger partial charge in [0.25, 0.3) is 5.69 Å². The number of non-ortho nitro benzene ring substituents is 1. The lowest BCUT2D eigenvalue weighted by Crippen LogP contribution is -2.46. The summed E-state index contributed by atoms with van der Waals surface area (Å²) in [4.78, 5) is 12.7. The minimum atomic E-state index is -0.361. The Kier molecular flexibility index (Phi) is 5.09. The van der Waals surface area contributed by atoms with Crippen LogP contribution in [-0.4, -0.2) is 35.5 Å². The van der Waals surface area contributed by atoms with Crippen molar-refractivity contribution in [3.8, 4) is 0 Å². The van der Waals surface area contributed by atoms with E-state index in [-0.39, 0.29) is 10.6 Å². The van der Waals surface area contributed by atoms with E-state index in [0.717, 1.165) is 31.0 Å².